The number of nitrogens with zero attached hydrogens (tertiary/aromatic N) is 1. The molecule has 1 aromatic rings. The second kappa shape index (κ2) is 10.3. The molecule has 24 heavy (non-hydrogen) atoms. The lowest BCUT2D eigenvalue weighted by Gasteiger charge is -2.24. The van der Waals surface area contributed by atoms with E-state index >= 15 is 0 Å². The fourth-order valence-corrected chi connectivity index (χ4v) is 2.87. The Labute approximate surface area is 145 Å². The van der Waals surface area contributed by atoms with Gasteiger partial charge in [0.25, 0.3) is 0 Å². The van der Waals surface area contributed by atoms with Gasteiger partial charge in [0.1, 0.15) is 5.75 Å². The first kappa shape index (κ1) is 18.7. The summed E-state index contributed by atoms with van der Waals surface area (Å²) >= 11 is 0. The largest absolute Gasteiger partial charge is 0.494 e. The average Bonchev–Trinajstić information content (AvgIpc) is 3.15. The molecule has 1 aromatic carbocycles. The van der Waals surface area contributed by atoms with Gasteiger partial charge in [0, 0.05) is 12.5 Å². The molecule has 5 heteroatoms. The monoisotopic (exact) mass is 334 g/mol. The van der Waals surface area contributed by atoms with Crippen LogP contribution in [0.3, 0.4) is 0 Å². The first-order valence-electron chi connectivity index (χ1n) is 9.08. The van der Waals surface area contributed by atoms with E-state index in [-0.39, 0.29) is 5.91 Å². The maximum Gasteiger partial charge on any atom is 0.243 e. The van der Waals surface area contributed by atoms with Crippen LogP contribution in [-0.2, 0) is 9.63 Å². The third-order valence-electron chi connectivity index (χ3n) is 4.45. The van der Waals surface area contributed by atoms with Gasteiger partial charge in [-0.25, -0.2) is 5.48 Å². The van der Waals surface area contributed by atoms with Gasteiger partial charge in [0.2, 0.25) is 5.91 Å². The lowest BCUT2D eigenvalue weighted by Crippen LogP contribution is -2.23. The number of amides is 1. The molecule has 0 aliphatic carbocycles. The van der Waals surface area contributed by atoms with Gasteiger partial charge in [-0.2, -0.15) is 0 Å². The van der Waals surface area contributed by atoms with Crippen LogP contribution in [-0.4, -0.2) is 37.1 Å². The Morgan fingerprint density at radius 1 is 1.25 bits per heavy atom. The molecule has 1 atom stereocenters. The Bertz CT molecular complexity index is 501. The van der Waals surface area contributed by atoms with Crippen molar-refractivity contribution in [1.29, 1.82) is 0 Å². The molecule has 0 aromatic heterocycles. The van der Waals surface area contributed by atoms with Crippen LogP contribution in [0, 0.1) is 0 Å². The van der Waals surface area contributed by atoms with E-state index in [0.717, 1.165) is 18.6 Å². The van der Waals surface area contributed by atoms with E-state index in [4.69, 9.17) is 9.57 Å². The zero-order valence-electron chi connectivity index (χ0n) is 14.9. The third kappa shape index (κ3) is 6.13. The summed E-state index contributed by atoms with van der Waals surface area (Å²) in [5.41, 5.74) is 3.72. The van der Waals surface area contributed by atoms with Crippen molar-refractivity contribution in [2.45, 2.75) is 52.0 Å². The predicted octanol–water partition coefficient (Wildman–Crippen LogP) is 3.46. The molecule has 1 aliphatic rings. The summed E-state index contributed by atoms with van der Waals surface area (Å²) in [5, 5.41) is 0. The highest BCUT2D eigenvalue weighted by molar-refractivity contribution is 5.74. The Hall–Kier alpha value is -1.59. The lowest BCUT2D eigenvalue weighted by atomic mass is 10.1. The number of hydrogen-bond acceptors (Lipinski definition) is 4. The molecule has 0 radical (unpaired) electrons. The minimum atomic E-state index is -0.0878. The van der Waals surface area contributed by atoms with Crippen LogP contribution in [0.5, 0.6) is 5.75 Å². The predicted molar refractivity (Wildman–Crippen MR) is 94.8 cm³/mol. The van der Waals surface area contributed by atoms with Gasteiger partial charge >= 0.3 is 0 Å². The molecule has 1 heterocycles. The molecule has 1 fully saturated rings. The number of benzene rings is 1. The van der Waals surface area contributed by atoms with Crippen molar-refractivity contribution in [3.63, 3.8) is 0 Å². The lowest BCUT2D eigenvalue weighted by molar-refractivity contribution is -0.133. The van der Waals surface area contributed by atoms with Crippen molar-refractivity contribution in [3.8, 4) is 5.75 Å². The quantitative estimate of drug-likeness (QED) is 0.526. The molecule has 1 amide bonds. The molecule has 0 bridgehead atoms. The van der Waals surface area contributed by atoms with Crippen molar-refractivity contribution < 1.29 is 14.4 Å². The number of carbonyl (C=O) groups is 1. The van der Waals surface area contributed by atoms with Gasteiger partial charge in [0.05, 0.1) is 13.2 Å². The highest BCUT2D eigenvalue weighted by Gasteiger charge is 2.19. The molecule has 2 rings (SSSR count). The Balaban J connectivity index is 1.66. The molecule has 1 aliphatic heterocycles. The van der Waals surface area contributed by atoms with Gasteiger partial charge in [-0.05, 0) is 63.4 Å². The van der Waals surface area contributed by atoms with Crippen LogP contribution in [0.4, 0.5) is 0 Å². The molecule has 1 saturated heterocycles. The molecule has 134 valence electrons. The fraction of sp³-hybridized carbons (Fsp3) is 0.632. The molecule has 0 saturated carbocycles. The van der Waals surface area contributed by atoms with Gasteiger partial charge < -0.3 is 4.74 Å². The summed E-state index contributed by atoms with van der Waals surface area (Å²) in [5.74, 6) is 0.842. The first-order valence-corrected chi connectivity index (χ1v) is 9.08. The fourth-order valence-electron chi connectivity index (χ4n) is 2.87. The number of nitrogens with one attached hydrogen (secondary N) is 1. The molecule has 1 unspecified atom stereocenters. The second-order valence-electron chi connectivity index (χ2n) is 6.27. The normalized spacial score (nSPS) is 16.1. The van der Waals surface area contributed by atoms with Gasteiger partial charge in [-0.1, -0.05) is 19.1 Å². The van der Waals surface area contributed by atoms with E-state index in [1.54, 1.807) is 6.92 Å². The molecular weight excluding hydrogens is 304 g/mol. The smallest absolute Gasteiger partial charge is 0.243 e. The number of likely N-dealkylation sites (tertiary alicyclic amines) is 1. The number of rotatable bonds is 10. The van der Waals surface area contributed by atoms with Crippen molar-refractivity contribution in [3.05, 3.63) is 29.8 Å². The average molecular weight is 334 g/mol. The Morgan fingerprint density at radius 3 is 2.75 bits per heavy atom. The van der Waals surface area contributed by atoms with Crippen LogP contribution in [0.15, 0.2) is 24.3 Å². The second-order valence-corrected chi connectivity index (χ2v) is 6.27. The summed E-state index contributed by atoms with van der Waals surface area (Å²) in [6.07, 6.45) is 4.81. The molecule has 0 spiro atoms. The number of hydroxylamine groups is 1. The van der Waals surface area contributed by atoms with E-state index in [9.17, 15) is 4.79 Å². The Kier molecular flexibility index (Phi) is 8.05. The first-order chi connectivity index (χ1) is 11.7. The third-order valence-corrected chi connectivity index (χ3v) is 4.45. The van der Waals surface area contributed by atoms with Crippen molar-refractivity contribution >= 4 is 5.91 Å². The molecular formula is C19H30N2O3. The van der Waals surface area contributed by atoms with E-state index in [1.807, 2.05) is 6.07 Å². The van der Waals surface area contributed by atoms with E-state index in [1.165, 1.54) is 31.5 Å². The highest BCUT2D eigenvalue weighted by Crippen LogP contribution is 2.26. The minimum absolute atomic E-state index is 0.0878. The zero-order chi connectivity index (χ0) is 17.2. The van der Waals surface area contributed by atoms with Crippen LogP contribution in [0.1, 0.15) is 57.6 Å². The van der Waals surface area contributed by atoms with Crippen molar-refractivity contribution in [2.24, 2.45) is 0 Å². The van der Waals surface area contributed by atoms with Crippen molar-refractivity contribution in [1.82, 2.24) is 10.4 Å². The summed E-state index contributed by atoms with van der Waals surface area (Å²) in [6.45, 7) is 7.63. The summed E-state index contributed by atoms with van der Waals surface area (Å²) in [7, 11) is 0. The van der Waals surface area contributed by atoms with Crippen LogP contribution < -0.4 is 10.2 Å². The van der Waals surface area contributed by atoms with Gasteiger partial charge in [-0.15, -0.1) is 0 Å². The minimum Gasteiger partial charge on any atom is -0.494 e. The number of ether oxygens (including phenoxy) is 1. The van der Waals surface area contributed by atoms with E-state index in [2.05, 4.69) is 35.5 Å². The van der Waals surface area contributed by atoms with Gasteiger partial charge in [0.15, 0.2) is 0 Å². The summed E-state index contributed by atoms with van der Waals surface area (Å²) in [4.78, 5) is 18.6. The number of hydrogen-bond donors (Lipinski definition) is 1. The van der Waals surface area contributed by atoms with Crippen LogP contribution in [0.25, 0.3) is 0 Å². The van der Waals surface area contributed by atoms with E-state index in [0.29, 0.717) is 25.7 Å². The summed E-state index contributed by atoms with van der Waals surface area (Å²) < 4.78 is 5.85. The van der Waals surface area contributed by atoms with Crippen LogP contribution in [0.2, 0.25) is 0 Å². The standard InChI is InChI=1S/C19H30N2O3/c1-3-19(22)20-24-14-7-6-13-23-18-10-8-9-17(15-18)16(2)21-11-4-5-12-21/h8-10,15-16H,3-7,11-14H2,1-2H3,(H,20,22). The van der Waals surface area contributed by atoms with Gasteiger partial charge in [-0.3, -0.25) is 14.5 Å². The molecule has 1 N–H and O–H groups in total. The SMILES string of the molecule is CCC(=O)NOCCCCOc1cccc(C(C)N2CCCC2)c1. The van der Waals surface area contributed by atoms with E-state index < -0.39 is 0 Å². The zero-order valence-corrected chi connectivity index (χ0v) is 14.9. The molecule has 5 nitrogen and oxygen atoms in total. The summed E-state index contributed by atoms with van der Waals surface area (Å²) in [6, 6.07) is 8.87. The number of carbonyl (C=O) groups excluding carboxylic acids is 1. The van der Waals surface area contributed by atoms with Crippen molar-refractivity contribution in [2.75, 3.05) is 26.3 Å². The topological polar surface area (TPSA) is 50.8 Å². The highest BCUT2D eigenvalue weighted by atomic mass is 16.6. The maximum absolute atomic E-state index is 11.0. The number of unbranched alkanes of at least 4 members (excludes halogenated alkanes) is 1. The maximum atomic E-state index is 11.0. The Morgan fingerprint density at radius 2 is 2.00 bits per heavy atom. The van der Waals surface area contributed by atoms with Crippen LogP contribution >= 0.6 is 0 Å².